The van der Waals surface area contributed by atoms with Crippen molar-refractivity contribution in [2.45, 2.75) is 36.6 Å². The van der Waals surface area contributed by atoms with Gasteiger partial charge in [0, 0.05) is 29.6 Å². The van der Waals surface area contributed by atoms with E-state index in [0.717, 1.165) is 37.1 Å². The minimum atomic E-state index is -0.181. The average Bonchev–Trinajstić information content (AvgIpc) is 2.73. The molecule has 2 aromatic rings. The highest BCUT2D eigenvalue weighted by molar-refractivity contribution is 7.98. The molecule has 5 nitrogen and oxygen atoms in total. The Bertz CT molecular complexity index is 899. The third kappa shape index (κ3) is 3.74. The van der Waals surface area contributed by atoms with Gasteiger partial charge in [0.25, 0.3) is 11.8 Å². The van der Waals surface area contributed by atoms with Crippen LogP contribution in [-0.4, -0.2) is 42.2 Å². The maximum Gasteiger partial charge on any atom is 0.257 e. The molecule has 2 aliphatic rings. The fourth-order valence-corrected chi connectivity index (χ4v) is 4.55. The van der Waals surface area contributed by atoms with Gasteiger partial charge in [-0.05, 0) is 55.9 Å². The summed E-state index contributed by atoms with van der Waals surface area (Å²) in [5.74, 6) is 0.413. The van der Waals surface area contributed by atoms with Crippen LogP contribution in [0.5, 0.6) is 5.75 Å². The van der Waals surface area contributed by atoms with Crippen LogP contribution in [0.1, 0.15) is 46.4 Å². The second-order valence-corrected chi connectivity index (χ2v) is 8.00. The van der Waals surface area contributed by atoms with Gasteiger partial charge in [-0.2, -0.15) is 0 Å². The first-order valence-electron chi connectivity index (χ1n) is 9.69. The first-order valence-corrected chi connectivity index (χ1v) is 10.9. The maximum absolute atomic E-state index is 13.2. The number of fused-ring (bicyclic) bond motifs is 2. The van der Waals surface area contributed by atoms with Crippen molar-refractivity contribution >= 4 is 29.3 Å². The molecule has 0 unspecified atom stereocenters. The number of nitrogens with zero attached hydrogens (tertiary/aromatic N) is 1. The Hall–Kier alpha value is -2.47. The van der Waals surface area contributed by atoms with Gasteiger partial charge >= 0.3 is 0 Å². The number of rotatable bonds is 3. The second kappa shape index (κ2) is 8.27. The number of hydrogen-bond donors (Lipinski definition) is 1. The zero-order valence-electron chi connectivity index (χ0n) is 15.9. The Morgan fingerprint density at radius 3 is 2.89 bits per heavy atom. The van der Waals surface area contributed by atoms with Gasteiger partial charge in [0.2, 0.25) is 0 Å². The number of nitrogens with one attached hydrogen (secondary N) is 1. The molecule has 6 heteroatoms. The number of benzene rings is 2. The molecule has 1 N–H and O–H groups in total. The van der Waals surface area contributed by atoms with E-state index in [0.29, 0.717) is 29.2 Å². The summed E-state index contributed by atoms with van der Waals surface area (Å²) in [6, 6.07) is 13.1. The van der Waals surface area contributed by atoms with Gasteiger partial charge in [-0.25, -0.2) is 0 Å². The maximum atomic E-state index is 13.2. The summed E-state index contributed by atoms with van der Waals surface area (Å²) in [4.78, 5) is 28.8. The Balaban J connectivity index is 1.61. The molecular formula is C22H24N2O3S. The second-order valence-electron chi connectivity index (χ2n) is 7.15. The van der Waals surface area contributed by atoms with Gasteiger partial charge in [0.15, 0.2) is 0 Å². The van der Waals surface area contributed by atoms with Crippen molar-refractivity contribution in [1.82, 2.24) is 4.90 Å². The van der Waals surface area contributed by atoms with Gasteiger partial charge in [0.1, 0.15) is 5.75 Å². The molecule has 0 radical (unpaired) electrons. The first-order chi connectivity index (χ1) is 13.7. The zero-order valence-corrected chi connectivity index (χ0v) is 16.8. The van der Waals surface area contributed by atoms with Crippen LogP contribution in [0.4, 0.5) is 5.69 Å². The van der Waals surface area contributed by atoms with Crippen molar-refractivity contribution in [1.29, 1.82) is 0 Å². The lowest BCUT2D eigenvalue weighted by molar-refractivity contribution is 0.0548. The van der Waals surface area contributed by atoms with Gasteiger partial charge in [-0.3, -0.25) is 9.59 Å². The summed E-state index contributed by atoms with van der Waals surface area (Å²) in [7, 11) is 0. The molecule has 2 heterocycles. The average molecular weight is 397 g/mol. The molecule has 2 aliphatic heterocycles. The molecule has 1 saturated heterocycles. The van der Waals surface area contributed by atoms with Crippen LogP contribution in [0.15, 0.2) is 47.4 Å². The third-order valence-corrected chi connectivity index (χ3v) is 6.21. The van der Waals surface area contributed by atoms with Crippen molar-refractivity contribution < 1.29 is 14.3 Å². The van der Waals surface area contributed by atoms with Crippen LogP contribution in [0.3, 0.4) is 0 Å². The van der Waals surface area contributed by atoms with E-state index in [1.807, 2.05) is 29.4 Å². The first kappa shape index (κ1) is 18.9. The number of amides is 2. The largest absolute Gasteiger partial charge is 0.493 e. The van der Waals surface area contributed by atoms with E-state index in [1.165, 1.54) is 11.8 Å². The smallest absolute Gasteiger partial charge is 0.257 e. The number of ether oxygens (including phenoxy) is 1. The molecular weight excluding hydrogens is 372 g/mol. The van der Waals surface area contributed by atoms with Crippen molar-refractivity contribution in [2.75, 3.05) is 24.7 Å². The molecule has 0 aliphatic carbocycles. The van der Waals surface area contributed by atoms with Crippen molar-refractivity contribution in [3.05, 3.63) is 53.6 Å². The Labute approximate surface area is 169 Å². The normalized spacial score (nSPS) is 19.0. The van der Waals surface area contributed by atoms with E-state index in [1.54, 1.807) is 24.3 Å². The lowest BCUT2D eigenvalue weighted by atomic mass is 9.97. The molecule has 2 aromatic carbocycles. The summed E-state index contributed by atoms with van der Waals surface area (Å²) in [5.41, 5.74) is 1.76. The SMILES string of the molecule is CSc1ccccc1C(=O)Nc1ccc2c(c1)C(=O)N1CCCC[C@H]1CCO2. The van der Waals surface area contributed by atoms with Gasteiger partial charge in [0.05, 0.1) is 17.7 Å². The van der Waals surface area contributed by atoms with E-state index >= 15 is 0 Å². The highest BCUT2D eigenvalue weighted by Crippen LogP contribution is 2.31. The fourth-order valence-electron chi connectivity index (χ4n) is 3.96. The number of piperidine rings is 1. The monoisotopic (exact) mass is 396 g/mol. The molecule has 0 saturated carbocycles. The molecule has 146 valence electrons. The fraction of sp³-hybridized carbons (Fsp3) is 0.364. The Morgan fingerprint density at radius 1 is 1.18 bits per heavy atom. The van der Waals surface area contributed by atoms with Crippen molar-refractivity contribution in [3.8, 4) is 5.75 Å². The predicted molar refractivity (Wildman–Crippen MR) is 111 cm³/mol. The van der Waals surface area contributed by atoms with Gasteiger partial charge in [-0.15, -0.1) is 11.8 Å². The number of anilines is 1. The molecule has 0 aromatic heterocycles. The van der Waals surface area contributed by atoms with Crippen LogP contribution in [0.2, 0.25) is 0 Å². The predicted octanol–water partition coefficient (Wildman–Crippen LogP) is 4.44. The minimum absolute atomic E-state index is 0.0000119. The van der Waals surface area contributed by atoms with Crippen LogP contribution in [0.25, 0.3) is 0 Å². The number of thioether (sulfide) groups is 1. The quantitative estimate of drug-likeness (QED) is 0.780. The molecule has 1 atom stereocenters. The Morgan fingerprint density at radius 2 is 2.04 bits per heavy atom. The standard InChI is InChI=1S/C22H24N2O3S/c1-28-20-8-3-2-7-17(20)21(25)23-15-9-10-19-18(14-15)22(26)24-12-5-4-6-16(24)11-13-27-19/h2-3,7-10,14,16H,4-6,11-13H2,1H3,(H,23,25)/t16-/m0/s1. The highest BCUT2D eigenvalue weighted by atomic mass is 32.2. The van der Waals surface area contributed by atoms with E-state index in [4.69, 9.17) is 4.74 Å². The topological polar surface area (TPSA) is 58.6 Å². The molecule has 0 spiro atoms. The summed E-state index contributed by atoms with van der Waals surface area (Å²) in [6.07, 6.45) is 6.05. The van der Waals surface area contributed by atoms with Crippen molar-refractivity contribution in [3.63, 3.8) is 0 Å². The lowest BCUT2D eigenvalue weighted by Crippen LogP contribution is -2.45. The summed E-state index contributed by atoms with van der Waals surface area (Å²) < 4.78 is 5.87. The Kier molecular flexibility index (Phi) is 5.57. The molecule has 4 rings (SSSR count). The van der Waals surface area contributed by atoms with Crippen molar-refractivity contribution in [2.24, 2.45) is 0 Å². The molecule has 0 bridgehead atoms. The van der Waals surface area contributed by atoms with Crippen LogP contribution in [-0.2, 0) is 0 Å². The summed E-state index contributed by atoms with van der Waals surface area (Å²) >= 11 is 1.53. The molecule has 2 amide bonds. The van der Waals surface area contributed by atoms with Gasteiger partial charge < -0.3 is 15.0 Å². The lowest BCUT2D eigenvalue weighted by Gasteiger charge is -2.37. The van der Waals surface area contributed by atoms with E-state index in [2.05, 4.69) is 5.32 Å². The number of carbonyl (C=O) groups is 2. The highest BCUT2D eigenvalue weighted by Gasteiger charge is 2.31. The van der Waals surface area contributed by atoms with E-state index in [9.17, 15) is 9.59 Å². The minimum Gasteiger partial charge on any atom is -0.493 e. The zero-order chi connectivity index (χ0) is 19.5. The third-order valence-electron chi connectivity index (χ3n) is 5.42. The summed E-state index contributed by atoms with van der Waals surface area (Å²) in [5, 5.41) is 2.93. The van der Waals surface area contributed by atoms with Crippen LogP contribution in [0, 0.1) is 0 Å². The van der Waals surface area contributed by atoms with Crippen LogP contribution < -0.4 is 10.1 Å². The van der Waals surface area contributed by atoms with E-state index in [-0.39, 0.29) is 17.9 Å². The number of carbonyl (C=O) groups excluding carboxylic acids is 2. The number of hydrogen-bond acceptors (Lipinski definition) is 4. The van der Waals surface area contributed by atoms with Gasteiger partial charge in [-0.1, -0.05) is 12.1 Å². The summed E-state index contributed by atoms with van der Waals surface area (Å²) in [6.45, 7) is 1.40. The van der Waals surface area contributed by atoms with E-state index < -0.39 is 0 Å². The van der Waals surface area contributed by atoms with Crippen LogP contribution >= 0.6 is 11.8 Å². The molecule has 28 heavy (non-hydrogen) atoms. The molecule has 1 fully saturated rings.